The molecule has 1 aromatic heterocycles. The molecule has 1 aliphatic rings. The van der Waals surface area contributed by atoms with Crippen LogP contribution in [-0.4, -0.2) is 33.9 Å². The number of halogens is 3. The summed E-state index contributed by atoms with van der Waals surface area (Å²) in [4.78, 5) is 22.1. The Morgan fingerprint density at radius 2 is 1.70 bits per heavy atom. The maximum Gasteiger partial charge on any atom is 0.417 e. The van der Waals surface area contributed by atoms with Gasteiger partial charge in [0.1, 0.15) is 5.82 Å². The summed E-state index contributed by atoms with van der Waals surface area (Å²) in [6.07, 6.45) is -3.21. The third-order valence-corrected chi connectivity index (χ3v) is 5.04. The van der Waals surface area contributed by atoms with Crippen molar-refractivity contribution in [2.45, 2.75) is 24.9 Å². The molecular weight excluding hydrogens is 355 g/mol. The van der Waals surface area contributed by atoms with Gasteiger partial charge in [-0.25, -0.2) is 4.98 Å². The number of para-hydroxylation sites is 2. The molecule has 4 rings (SSSR count). The topological polar surface area (TPSA) is 49.0 Å². The summed E-state index contributed by atoms with van der Waals surface area (Å²) >= 11 is 0. The third kappa shape index (κ3) is 3.41. The molecule has 0 unspecified atom stereocenters. The lowest BCUT2D eigenvalue weighted by atomic mass is 9.95. The summed E-state index contributed by atoms with van der Waals surface area (Å²) in [5.74, 6) is 0.476. The van der Waals surface area contributed by atoms with E-state index in [9.17, 15) is 18.0 Å². The van der Waals surface area contributed by atoms with Gasteiger partial charge < -0.3 is 9.88 Å². The number of piperidine rings is 1. The van der Waals surface area contributed by atoms with E-state index in [1.807, 2.05) is 24.3 Å². The second-order valence-electron chi connectivity index (χ2n) is 6.75. The maximum absolute atomic E-state index is 13.2. The number of rotatable bonds is 2. The average Bonchev–Trinajstić information content (AvgIpc) is 3.11. The predicted molar refractivity (Wildman–Crippen MR) is 95.4 cm³/mol. The van der Waals surface area contributed by atoms with Gasteiger partial charge in [0.05, 0.1) is 22.2 Å². The fraction of sp³-hybridized carbons (Fsp3) is 0.300. The van der Waals surface area contributed by atoms with Crippen LogP contribution in [0.3, 0.4) is 0 Å². The highest BCUT2D eigenvalue weighted by molar-refractivity contribution is 5.96. The van der Waals surface area contributed by atoms with Crippen LogP contribution in [0.5, 0.6) is 0 Å². The number of hydrogen-bond acceptors (Lipinski definition) is 2. The second kappa shape index (κ2) is 6.72. The van der Waals surface area contributed by atoms with Gasteiger partial charge in [-0.2, -0.15) is 13.2 Å². The molecular formula is C20H18F3N3O. The van der Waals surface area contributed by atoms with E-state index in [1.54, 1.807) is 0 Å². The molecule has 1 amide bonds. The summed E-state index contributed by atoms with van der Waals surface area (Å²) in [6.45, 7) is 0.819. The van der Waals surface area contributed by atoms with Gasteiger partial charge in [-0.05, 0) is 37.1 Å². The zero-order chi connectivity index (χ0) is 19.0. The van der Waals surface area contributed by atoms with Crippen LogP contribution in [0.25, 0.3) is 11.0 Å². The van der Waals surface area contributed by atoms with Crippen LogP contribution in [0.1, 0.15) is 40.5 Å². The minimum Gasteiger partial charge on any atom is -0.342 e. The van der Waals surface area contributed by atoms with Crippen LogP contribution in [0.2, 0.25) is 0 Å². The molecule has 7 heteroatoms. The first-order chi connectivity index (χ1) is 12.9. The number of carbonyl (C=O) groups excluding carboxylic acids is 1. The molecule has 2 heterocycles. The first kappa shape index (κ1) is 17.6. The summed E-state index contributed by atoms with van der Waals surface area (Å²) in [5.41, 5.74) is 0.691. The monoisotopic (exact) mass is 373 g/mol. The molecule has 27 heavy (non-hydrogen) atoms. The van der Waals surface area contributed by atoms with Crippen LogP contribution >= 0.6 is 0 Å². The lowest BCUT2D eigenvalue weighted by molar-refractivity contribution is -0.138. The Hall–Kier alpha value is -2.83. The number of aromatic nitrogens is 2. The summed E-state index contributed by atoms with van der Waals surface area (Å²) in [6, 6.07) is 12.7. The van der Waals surface area contributed by atoms with Crippen LogP contribution in [0.15, 0.2) is 48.5 Å². The zero-order valence-electron chi connectivity index (χ0n) is 14.5. The second-order valence-corrected chi connectivity index (χ2v) is 6.75. The molecule has 140 valence electrons. The van der Waals surface area contributed by atoms with Gasteiger partial charge in [0, 0.05) is 19.0 Å². The normalized spacial score (nSPS) is 16.0. The van der Waals surface area contributed by atoms with Crippen molar-refractivity contribution in [3.05, 3.63) is 65.5 Å². The molecule has 0 saturated carbocycles. The molecule has 1 aliphatic heterocycles. The van der Waals surface area contributed by atoms with Crippen molar-refractivity contribution < 1.29 is 18.0 Å². The van der Waals surface area contributed by atoms with Gasteiger partial charge in [0.15, 0.2) is 0 Å². The van der Waals surface area contributed by atoms with E-state index in [1.165, 1.54) is 23.1 Å². The number of nitrogens with one attached hydrogen (secondary N) is 1. The van der Waals surface area contributed by atoms with Crippen LogP contribution < -0.4 is 0 Å². The van der Waals surface area contributed by atoms with E-state index in [4.69, 9.17) is 0 Å². The highest BCUT2D eigenvalue weighted by Gasteiger charge is 2.36. The smallest absolute Gasteiger partial charge is 0.342 e. The lowest BCUT2D eigenvalue weighted by Crippen LogP contribution is -2.38. The van der Waals surface area contributed by atoms with Crippen LogP contribution in [0, 0.1) is 0 Å². The molecule has 1 N–H and O–H groups in total. The number of hydrogen-bond donors (Lipinski definition) is 1. The van der Waals surface area contributed by atoms with Crippen molar-refractivity contribution in [2.24, 2.45) is 0 Å². The molecule has 2 aromatic carbocycles. The number of nitrogens with zero attached hydrogens (tertiary/aromatic N) is 2. The largest absolute Gasteiger partial charge is 0.417 e. The van der Waals surface area contributed by atoms with Crippen molar-refractivity contribution in [2.75, 3.05) is 13.1 Å². The number of benzene rings is 2. The number of aromatic amines is 1. The molecule has 0 spiro atoms. The number of alkyl halides is 3. The van der Waals surface area contributed by atoms with E-state index < -0.39 is 17.6 Å². The Morgan fingerprint density at radius 3 is 2.41 bits per heavy atom. The molecule has 1 fully saturated rings. The van der Waals surface area contributed by atoms with E-state index in [-0.39, 0.29) is 11.5 Å². The molecule has 0 bridgehead atoms. The average molecular weight is 373 g/mol. The zero-order valence-corrected chi connectivity index (χ0v) is 14.5. The van der Waals surface area contributed by atoms with Crippen molar-refractivity contribution in [1.82, 2.24) is 14.9 Å². The predicted octanol–water partition coefficient (Wildman–Crippen LogP) is 4.60. The first-order valence-electron chi connectivity index (χ1n) is 8.83. The number of amides is 1. The number of carbonyl (C=O) groups is 1. The van der Waals surface area contributed by atoms with Gasteiger partial charge in [0.2, 0.25) is 0 Å². The lowest BCUT2D eigenvalue weighted by Gasteiger charge is -2.31. The van der Waals surface area contributed by atoms with Crippen molar-refractivity contribution in [1.29, 1.82) is 0 Å². The van der Waals surface area contributed by atoms with E-state index in [0.29, 0.717) is 25.9 Å². The third-order valence-electron chi connectivity index (χ3n) is 5.04. The molecule has 3 aromatic rings. The Bertz CT molecular complexity index is 939. The van der Waals surface area contributed by atoms with Crippen LogP contribution in [0.4, 0.5) is 13.2 Å². The van der Waals surface area contributed by atoms with Gasteiger partial charge in [-0.15, -0.1) is 0 Å². The molecule has 0 aliphatic carbocycles. The molecule has 4 nitrogen and oxygen atoms in total. The minimum atomic E-state index is -4.54. The number of likely N-dealkylation sites (tertiary alicyclic amines) is 1. The summed E-state index contributed by atoms with van der Waals surface area (Å²) in [5, 5.41) is 0. The standard InChI is InChI=1S/C20H18F3N3O/c21-20(22,23)15-6-2-1-5-14(15)19(27)26-11-9-13(10-12-26)18-24-16-7-3-4-8-17(16)25-18/h1-8,13H,9-12H2,(H,24,25). The first-order valence-corrected chi connectivity index (χ1v) is 8.83. The van der Waals surface area contributed by atoms with Gasteiger partial charge >= 0.3 is 6.18 Å². The van der Waals surface area contributed by atoms with Crippen LogP contribution in [-0.2, 0) is 6.18 Å². The Kier molecular flexibility index (Phi) is 4.37. The minimum absolute atomic E-state index is 0.166. The maximum atomic E-state index is 13.2. The molecule has 0 radical (unpaired) electrons. The van der Waals surface area contributed by atoms with Crippen molar-refractivity contribution in [3.63, 3.8) is 0 Å². The fourth-order valence-corrected chi connectivity index (χ4v) is 3.61. The van der Waals surface area contributed by atoms with Crippen molar-refractivity contribution in [3.8, 4) is 0 Å². The number of fused-ring (bicyclic) bond motifs is 1. The summed E-state index contributed by atoms with van der Waals surface area (Å²) in [7, 11) is 0. The van der Waals surface area contributed by atoms with E-state index in [0.717, 1.165) is 22.9 Å². The number of H-pyrrole nitrogens is 1. The van der Waals surface area contributed by atoms with E-state index in [2.05, 4.69) is 9.97 Å². The summed E-state index contributed by atoms with van der Waals surface area (Å²) < 4.78 is 39.5. The van der Waals surface area contributed by atoms with E-state index >= 15 is 0 Å². The molecule has 0 atom stereocenters. The van der Waals surface area contributed by atoms with Crippen molar-refractivity contribution >= 4 is 16.9 Å². The SMILES string of the molecule is O=C(c1ccccc1C(F)(F)F)N1CCC(c2nc3ccccc3[nH]2)CC1. The number of imidazole rings is 1. The highest BCUT2D eigenvalue weighted by atomic mass is 19.4. The fourth-order valence-electron chi connectivity index (χ4n) is 3.61. The Morgan fingerprint density at radius 1 is 1.04 bits per heavy atom. The van der Waals surface area contributed by atoms with Gasteiger partial charge in [-0.1, -0.05) is 24.3 Å². The quantitative estimate of drug-likeness (QED) is 0.714. The molecule has 1 saturated heterocycles. The van der Waals surface area contributed by atoms with Gasteiger partial charge in [-0.3, -0.25) is 4.79 Å². The Balaban J connectivity index is 1.49. The highest BCUT2D eigenvalue weighted by Crippen LogP contribution is 2.34. The Labute approximate surface area is 154 Å². The van der Waals surface area contributed by atoms with Gasteiger partial charge in [0.25, 0.3) is 5.91 Å².